The first-order valence-corrected chi connectivity index (χ1v) is 18.5. The molecule has 12 heteroatoms. The Kier molecular flexibility index (Phi) is 10.1. The smallest absolute Gasteiger partial charge is 0.289 e. The zero-order valence-electron chi connectivity index (χ0n) is 29.1. The zero-order valence-corrected chi connectivity index (χ0v) is 29.9. The molecule has 3 aliphatic carbocycles. The SMILES string of the molecule is C=CCCNC(=O)C(=O)C(CCC=C)NC(=O)[C@@H]1[C@@H]2[C@H](CN1C(=O)[C@@H](NS(=O)(=O)CC13CCC(CC1=O)C3(C)C)C(C)(C)C)C2(C)C. The van der Waals surface area contributed by atoms with Gasteiger partial charge in [-0.3, -0.25) is 24.0 Å². The Balaban J connectivity index is 1.57. The molecule has 262 valence electrons. The second-order valence-electron chi connectivity index (χ2n) is 16.4. The topological polar surface area (TPSA) is 159 Å². The summed E-state index contributed by atoms with van der Waals surface area (Å²) in [6.07, 6.45) is 5.90. The van der Waals surface area contributed by atoms with Crippen LogP contribution in [0.5, 0.6) is 0 Å². The molecule has 2 bridgehead atoms. The van der Waals surface area contributed by atoms with Gasteiger partial charge in [0.2, 0.25) is 27.6 Å². The van der Waals surface area contributed by atoms with Crippen LogP contribution in [0.2, 0.25) is 0 Å². The number of sulfonamides is 1. The van der Waals surface area contributed by atoms with Gasteiger partial charge in [0.25, 0.3) is 5.91 Å². The summed E-state index contributed by atoms with van der Waals surface area (Å²) in [4.78, 5) is 68.7. The molecule has 0 aromatic heterocycles. The van der Waals surface area contributed by atoms with Crippen molar-refractivity contribution in [3.05, 3.63) is 25.3 Å². The van der Waals surface area contributed by atoms with Crippen LogP contribution in [0, 0.1) is 39.4 Å². The normalized spacial score (nSPS) is 29.9. The van der Waals surface area contributed by atoms with E-state index in [-0.39, 0.29) is 54.2 Å². The van der Waals surface area contributed by atoms with Crippen LogP contribution in [0.1, 0.15) is 87.0 Å². The molecule has 4 rings (SSSR count). The van der Waals surface area contributed by atoms with Crippen molar-refractivity contribution in [3.63, 3.8) is 0 Å². The Bertz CT molecular complexity index is 1450. The number of carbonyl (C=O) groups is 5. The van der Waals surface area contributed by atoms with Gasteiger partial charge in [-0.25, -0.2) is 13.1 Å². The van der Waals surface area contributed by atoms with Crippen molar-refractivity contribution in [2.75, 3.05) is 18.8 Å². The van der Waals surface area contributed by atoms with Gasteiger partial charge in [-0.05, 0) is 66.1 Å². The summed E-state index contributed by atoms with van der Waals surface area (Å²) in [5.41, 5.74) is -2.58. The molecule has 3 amide bonds. The van der Waals surface area contributed by atoms with Gasteiger partial charge < -0.3 is 15.5 Å². The van der Waals surface area contributed by atoms with E-state index in [1.807, 2.05) is 27.7 Å². The standard InChI is InChI=1S/C35H54N4O7S/c1-10-12-14-23(27(41)30(43)36-17-13-11-2)37-29(42)26-25-22(33(25,6)7)19-39(26)31(44)28(32(3,4)5)38-47(45,46)20-35-16-15-21(18-24(35)40)34(35,8)9/h10-11,21-23,25-26,28,38H,1-2,12-20H2,3-9H3,(H,36,43)(H,37,42)/t21?,22-,23?,25-,26-,28+,35?/m0/s1. The number of fused-ring (bicyclic) bond motifs is 3. The summed E-state index contributed by atoms with van der Waals surface area (Å²) in [5.74, 6) is -3.15. The molecule has 4 fully saturated rings. The number of likely N-dealkylation sites (tertiary alicyclic amines) is 1. The Hall–Kier alpha value is -2.86. The van der Waals surface area contributed by atoms with Gasteiger partial charge in [-0.2, -0.15) is 0 Å². The molecule has 1 heterocycles. The second kappa shape index (κ2) is 12.9. The molecule has 0 aromatic carbocycles. The molecule has 7 atom stereocenters. The molecule has 1 saturated heterocycles. The zero-order chi connectivity index (χ0) is 35.3. The van der Waals surface area contributed by atoms with Gasteiger partial charge in [-0.15, -0.1) is 13.2 Å². The molecule has 3 saturated carbocycles. The number of hydrogen-bond donors (Lipinski definition) is 3. The van der Waals surface area contributed by atoms with Crippen molar-refractivity contribution < 1.29 is 32.4 Å². The highest BCUT2D eigenvalue weighted by Gasteiger charge is 2.70. The van der Waals surface area contributed by atoms with E-state index in [0.717, 1.165) is 6.42 Å². The fraction of sp³-hybridized carbons (Fsp3) is 0.743. The molecule has 0 radical (unpaired) electrons. The van der Waals surface area contributed by atoms with E-state index in [0.29, 0.717) is 25.7 Å². The van der Waals surface area contributed by atoms with Gasteiger partial charge in [0.1, 0.15) is 17.9 Å². The quantitative estimate of drug-likeness (QED) is 0.137. The van der Waals surface area contributed by atoms with Crippen molar-refractivity contribution in [1.82, 2.24) is 20.3 Å². The van der Waals surface area contributed by atoms with Crippen molar-refractivity contribution in [1.29, 1.82) is 0 Å². The molecule has 3 unspecified atom stereocenters. The molecule has 0 spiro atoms. The summed E-state index contributed by atoms with van der Waals surface area (Å²) >= 11 is 0. The summed E-state index contributed by atoms with van der Waals surface area (Å²) in [6, 6.07) is -3.28. The third-order valence-electron chi connectivity index (χ3n) is 11.9. The van der Waals surface area contributed by atoms with E-state index in [2.05, 4.69) is 28.5 Å². The number of piperidine rings is 1. The van der Waals surface area contributed by atoms with E-state index in [9.17, 15) is 32.4 Å². The number of carbonyl (C=O) groups excluding carboxylic acids is 5. The number of allylic oxidation sites excluding steroid dienone is 1. The number of nitrogens with zero attached hydrogens (tertiary/aromatic N) is 1. The maximum absolute atomic E-state index is 14.4. The minimum absolute atomic E-state index is 0.00942. The van der Waals surface area contributed by atoms with Gasteiger partial charge >= 0.3 is 0 Å². The highest BCUT2D eigenvalue weighted by molar-refractivity contribution is 7.89. The number of hydrogen-bond acceptors (Lipinski definition) is 7. The molecule has 0 aromatic rings. The highest BCUT2D eigenvalue weighted by Crippen LogP contribution is 2.65. The Morgan fingerprint density at radius 1 is 1.06 bits per heavy atom. The van der Waals surface area contributed by atoms with Gasteiger partial charge in [-0.1, -0.05) is 60.6 Å². The predicted molar refractivity (Wildman–Crippen MR) is 179 cm³/mol. The van der Waals surface area contributed by atoms with E-state index >= 15 is 0 Å². The van der Waals surface area contributed by atoms with E-state index in [1.165, 1.54) is 4.90 Å². The maximum atomic E-state index is 14.4. The van der Waals surface area contributed by atoms with Crippen LogP contribution in [-0.2, 0) is 34.0 Å². The van der Waals surface area contributed by atoms with Crippen LogP contribution in [0.25, 0.3) is 0 Å². The maximum Gasteiger partial charge on any atom is 0.289 e. The number of nitrogens with one attached hydrogen (secondary N) is 3. The van der Waals surface area contributed by atoms with E-state index < -0.39 is 67.9 Å². The predicted octanol–water partition coefficient (Wildman–Crippen LogP) is 2.91. The lowest BCUT2D eigenvalue weighted by molar-refractivity contribution is -0.145. The number of ketones is 2. The van der Waals surface area contributed by atoms with Crippen LogP contribution < -0.4 is 15.4 Å². The number of Topliss-reactive ketones (excluding diaryl/α,β-unsaturated/α-hetero) is 2. The molecule has 1 aliphatic heterocycles. The fourth-order valence-electron chi connectivity index (χ4n) is 8.57. The lowest BCUT2D eigenvalue weighted by Gasteiger charge is -2.39. The Labute approximate surface area is 280 Å². The third kappa shape index (κ3) is 6.73. The fourth-order valence-corrected chi connectivity index (χ4v) is 10.8. The first kappa shape index (κ1) is 37.0. The van der Waals surface area contributed by atoms with E-state index in [1.54, 1.807) is 32.9 Å². The van der Waals surface area contributed by atoms with E-state index in [4.69, 9.17) is 0 Å². The van der Waals surface area contributed by atoms with Crippen LogP contribution >= 0.6 is 0 Å². The van der Waals surface area contributed by atoms with Crippen molar-refractivity contribution in [2.45, 2.75) is 105 Å². The molecule has 47 heavy (non-hydrogen) atoms. The lowest BCUT2D eigenvalue weighted by Crippen LogP contribution is -2.61. The molecule has 4 aliphatic rings. The molecule has 3 N–H and O–H groups in total. The lowest BCUT2D eigenvalue weighted by atomic mass is 9.70. The summed E-state index contributed by atoms with van der Waals surface area (Å²) in [5, 5.41) is 5.31. The van der Waals surface area contributed by atoms with Crippen LogP contribution in [0.15, 0.2) is 25.3 Å². The van der Waals surface area contributed by atoms with Gasteiger partial charge in [0.05, 0.1) is 11.8 Å². The minimum Gasteiger partial charge on any atom is -0.349 e. The minimum atomic E-state index is -4.12. The van der Waals surface area contributed by atoms with Crippen LogP contribution in [0.4, 0.5) is 0 Å². The summed E-state index contributed by atoms with van der Waals surface area (Å²) < 4.78 is 30.4. The van der Waals surface area contributed by atoms with Crippen molar-refractivity contribution in [3.8, 4) is 0 Å². The van der Waals surface area contributed by atoms with Crippen LogP contribution in [0.3, 0.4) is 0 Å². The second-order valence-corrected chi connectivity index (χ2v) is 18.1. The van der Waals surface area contributed by atoms with Crippen molar-refractivity contribution in [2.24, 2.45) is 39.4 Å². The number of rotatable bonds is 15. The first-order valence-electron chi connectivity index (χ1n) is 16.8. The molecular formula is C35H54N4O7S. The largest absolute Gasteiger partial charge is 0.349 e. The molecular weight excluding hydrogens is 620 g/mol. The summed E-state index contributed by atoms with van der Waals surface area (Å²) in [6.45, 7) is 21.1. The molecule has 11 nitrogen and oxygen atoms in total. The van der Waals surface area contributed by atoms with Gasteiger partial charge in [0.15, 0.2) is 0 Å². The number of amides is 3. The van der Waals surface area contributed by atoms with Gasteiger partial charge in [0, 0.05) is 24.9 Å². The average molecular weight is 675 g/mol. The summed E-state index contributed by atoms with van der Waals surface area (Å²) in [7, 11) is -4.12. The first-order chi connectivity index (χ1) is 21.7. The average Bonchev–Trinajstić information content (AvgIpc) is 3.23. The highest BCUT2D eigenvalue weighted by atomic mass is 32.2. The monoisotopic (exact) mass is 674 g/mol. The van der Waals surface area contributed by atoms with Crippen LogP contribution in [-0.4, -0.2) is 79.6 Å². The van der Waals surface area contributed by atoms with Crippen molar-refractivity contribution >= 4 is 39.3 Å². The third-order valence-corrected chi connectivity index (χ3v) is 13.4. The Morgan fingerprint density at radius 2 is 1.70 bits per heavy atom. The Morgan fingerprint density at radius 3 is 2.23 bits per heavy atom.